The van der Waals surface area contributed by atoms with Gasteiger partial charge in [0.1, 0.15) is 11.9 Å². The molecule has 2 atom stereocenters. The van der Waals surface area contributed by atoms with E-state index in [-0.39, 0.29) is 5.91 Å². The molecule has 0 radical (unpaired) electrons. The van der Waals surface area contributed by atoms with E-state index in [4.69, 9.17) is 30.5 Å². The maximum Gasteiger partial charge on any atom is 0.511 e. The van der Waals surface area contributed by atoms with Crippen LogP contribution in [-0.2, 0) is 25.4 Å². The predicted octanol–water partition coefficient (Wildman–Crippen LogP) is 4.12. The molecule has 10 heteroatoms. The van der Waals surface area contributed by atoms with E-state index in [0.717, 1.165) is 5.56 Å². The Hall–Kier alpha value is -3.30. The van der Waals surface area contributed by atoms with Crippen molar-refractivity contribution in [2.24, 2.45) is 0 Å². The Balaban J connectivity index is 1.79. The molecule has 0 aromatic heterocycles. The highest BCUT2D eigenvalue weighted by molar-refractivity contribution is 6.30. The normalized spacial score (nSPS) is 12.7. The van der Waals surface area contributed by atoms with Gasteiger partial charge in [-0.15, -0.1) is 0 Å². The number of nitrogens with one attached hydrogen (secondary N) is 2. The lowest BCUT2D eigenvalue weighted by Crippen LogP contribution is -2.42. The van der Waals surface area contributed by atoms with E-state index < -0.39 is 30.1 Å². The van der Waals surface area contributed by atoms with Crippen molar-refractivity contribution in [1.29, 1.82) is 0 Å². The Morgan fingerprint density at radius 2 is 1.58 bits per heavy atom. The summed E-state index contributed by atoms with van der Waals surface area (Å²) in [4.78, 5) is 36.5. The van der Waals surface area contributed by atoms with Crippen molar-refractivity contribution >= 4 is 29.6 Å². The predicted molar refractivity (Wildman–Crippen MR) is 135 cm³/mol. The van der Waals surface area contributed by atoms with Crippen molar-refractivity contribution in [3.8, 4) is 5.75 Å². The summed E-state index contributed by atoms with van der Waals surface area (Å²) < 4.78 is 21.0. The Kier molecular flexibility index (Phi) is 11.0. The summed E-state index contributed by atoms with van der Waals surface area (Å²) in [5, 5.41) is 6.30. The van der Waals surface area contributed by atoms with Crippen LogP contribution in [0.5, 0.6) is 5.75 Å². The lowest BCUT2D eigenvalue weighted by molar-refractivity contribution is -0.183. The van der Waals surface area contributed by atoms with Crippen LogP contribution in [-0.4, -0.2) is 56.2 Å². The van der Waals surface area contributed by atoms with Gasteiger partial charge in [-0.05, 0) is 76.2 Å². The fourth-order valence-electron chi connectivity index (χ4n) is 3.06. The number of carbonyl (C=O) groups excluding carboxylic acids is 3. The van der Waals surface area contributed by atoms with Gasteiger partial charge < -0.3 is 29.6 Å². The Morgan fingerprint density at radius 3 is 2.19 bits per heavy atom. The minimum absolute atomic E-state index is 0.175. The maximum absolute atomic E-state index is 12.6. The van der Waals surface area contributed by atoms with Gasteiger partial charge in [-0.2, -0.15) is 0 Å². The van der Waals surface area contributed by atoms with Gasteiger partial charge in [-0.1, -0.05) is 23.7 Å². The SMILES string of the molecule is CNCC(C)OC(=O)OC(C)OC(=O)C(C)(C)Oc1ccc(CCNC(=O)c2ccc(Cl)cc2)cc1. The molecule has 2 N–H and O–H groups in total. The summed E-state index contributed by atoms with van der Waals surface area (Å²) in [6.07, 6.45) is -1.87. The summed E-state index contributed by atoms with van der Waals surface area (Å²) >= 11 is 5.84. The summed E-state index contributed by atoms with van der Waals surface area (Å²) in [6, 6.07) is 13.8. The van der Waals surface area contributed by atoms with E-state index in [1.54, 1.807) is 64.2 Å². The van der Waals surface area contributed by atoms with Gasteiger partial charge in [0, 0.05) is 30.6 Å². The summed E-state index contributed by atoms with van der Waals surface area (Å²) in [6.45, 7) is 7.13. The Bertz CT molecular complexity index is 1010. The quantitative estimate of drug-likeness (QED) is 0.317. The lowest BCUT2D eigenvalue weighted by atomic mass is 10.1. The van der Waals surface area contributed by atoms with Crippen LogP contribution in [0.2, 0.25) is 5.02 Å². The van der Waals surface area contributed by atoms with Crippen molar-refractivity contribution in [3.63, 3.8) is 0 Å². The zero-order chi connectivity index (χ0) is 26.7. The molecule has 36 heavy (non-hydrogen) atoms. The van der Waals surface area contributed by atoms with Crippen LogP contribution in [0.1, 0.15) is 43.6 Å². The minimum atomic E-state index is -1.34. The number of likely N-dealkylation sites (N-methyl/N-ethyl adjacent to an activating group) is 1. The smallest absolute Gasteiger partial charge is 0.476 e. The number of benzene rings is 2. The third-order valence-electron chi connectivity index (χ3n) is 4.92. The molecule has 0 aliphatic carbocycles. The average Bonchev–Trinajstić information content (AvgIpc) is 2.80. The second kappa shape index (κ2) is 13.7. The van der Waals surface area contributed by atoms with E-state index in [1.807, 2.05) is 12.1 Å². The van der Waals surface area contributed by atoms with Crippen molar-refractivity contribution in [3.05, 3.63) is 64.7 Å². The molecule has 9 nitrogen and oxygen atoms in total. The minimum Gasteiger partial charge on any atom is -0.476 e. The number of amides is 1. The van der Waals surface area contributed by atoms with Gasteiger partial charge in [0.2, 0.25) is 6.29 Å². The monoisotopic (exact) mass is 520 g/mol. The van der Waals surface area contributed by atoms with Crippen molar-refractivity contribution in [2.45, 2.75) is 52.1 Å². The highest BCUT2D eigenvalue weighted by Gasteiger charge is 2.34. The molecule has 0 saturated carbocycles. The van der Waals surface area contributed by atoms with Crippen LogP contribution >= 0.6 is 11.6 Å². The molecular weight excluding hydrogens is 488 g/mol. The van der Waals surface area contributed by atoms with Crippen LogP contribution in [0, 0.1) is 0 Å². The first kappa shape index (κ1) is 28.9. The fraction of sp³-hybridized carbons (Fsp3) is 0.423. The van der Waals surface area contributed by atoms with Gasteiger partial charge in [0.05, 0.1) is 0 Å². The van der Waals surface area contributed by atoms with Gasteiger partial charge >= 0.3 is 12.1 Å². The molecule has 2 rings (SSSR count). The summed E-state index contributed by atoms with van der Waals surface area (Å²) in [5.41, 5.74) is 0.180. The number of carbonyl (C=O) groups is 3. The number of hydrogen-bond donors (Lipinski definition) is 2. The van der Waals surface area contributed by atoms with Crippen LogP contribution in [0.4, 0.5) is 4.79 Å². The highest BCUT2D eigenvalue weighted by atomic mass is 35.5. The van der Waals surface area contributed by atoms with Crippen molar-refractivity contribution < 1.29 is 33.3 Å². The molecule has 0 aliphatic rings. The van der Waals surface area contributed by atoms with Gasteiger partial charge in [0.25, 0.3) is 5.91 Å². The summed E-state index contributed by atoms with van der Waals surface area (Å²) in [7, 11) is 1.73. The average molecular weight is 521 g/mol. The largest absolute Gasteiger partial charge is 0.511 e. The number of hydrogen-bond acceptors (Lipinski definition) is 8. The molecule has 0 fully saturated rings. The number of ether oxygens (including phenoxy) is 4. The van der Waals surface area contributed by atoms with Crippen LogP contribution in [0.25, 0.3) is 0 Å². The fourth-order valence-corrected chi connectivity index (χ4v) is 3.18. The van der Waals surface area contributed by atoms with Gasteiger partial charge in [-0.3, -0.25) is 4.79 Å². The second-order valence-electron chi connectivity index (χ2n) is 8.60. The highest BCUT2D eigenvalue weighted by Crippen LogP contribution is 2.21. The molecule has 0 bridgehead atoms. The second-order valence-corrected chi connectivity index (χ2v) is 9.03. The molecule has 2 unspecified atom stereocenters. The van der Waals surface area contributed by atoms with Crippen LogP contribution < -0.4 is 15.4 Å². The zero-order valence-corrected chi connectivity index (χ0v) is 21.9. The van der Waals surface area contributed by atoms with Crippen molar-refractivity contribution in [1.82, 2.24) is 10.6 Å². The van der Waals surface area contributed by atoms with Crippen molar-refractivity contribution in [2.75, 3.05) is 20.1 Å². The van der Waals surface area contributed by atoms with Crippen LogP contribution in [0.15, 0.2) is 48.5 Å². The maximum atomic E-state index is 12.6. The van der Waals surface area contributed by atoms with E-state index >= 15 is 0 Å². The third kappa shape index (κ3) is 9.75. The number of halogens is 1. The van der Waals surface area contributed by atoms with E-state index in [2.05, 4.69) is 10.6 Å². The van der Waals surface area contributed by atoms with E-state index in [9.17, 15) is 14.4 Å². The molecule has 0 saturated heterocycles. The first-order valence-electron chi connectivity index (χ1n) is 11.5. The van der Waals surface area contributed by atoms with Gasteiger partial charge in [-0.25, -0.2) is 9.59 Å². The molecule has 0 aliphatic heterocycles. The number of rotatable bonds is 12. The summed E-state index contributed by atoms with van der Waals surface area (Å²) in [5.74, 6) is -0.425. The van der Waals surface area contributed by atoms with E-state index in [0.29, 0.717) is 35.8 Å². The van der Waals surface area contributed by atoms with Gasteiger partial charge in [0.15, 0.2) is 5.60 Å². The zero-order valence-electron chi connectivity index (χ0n) is 21.1. The first-order valence-corrected chi connectivity index (χ1v) is 11.9. The lowest BCUT2D eigenvalue weighted by Gasteiger charge is -2.26. The molecule has 0 spiro atoms. The molecule has 196 valence electrons. The van der Waals surface area contributed by atoms with E-state index in [1.165, 1.54) is 6.92 Å². The molecule has 2 aromatic carbocycles. The topological polar surface area (TPSA) is 112 Å². The Labute approximate surface area is 216 Å². The third-order valence-corrected chi connectivity index (χ3v) is 5.17. The Morgan fingerprint density at radius 1 is 0.944 bits per heavy atom. The molecule has 1 amide bonds. The standard InChI is InChI=1S/C26H33ClN2O7/c1-17(16-28-5)33-25(32)35-18(2)34-24(31)26(3,4)36-22-12-6-19(7-13-22)14-15-29-23(30)20-8-10-21(27)11-9-20/h6-13,17-18,28H,14-16H2,1-5H3,(H,29,30). The molecular formula is C26H33ClN2O7. The first-order chi connectivity index (χ1) is 17.0. The molecule has 0 heterocycles. The number of esters is 1. The molecule has 2 aromatic rings. The van der Waals surface area contributed by atoms with Crippen LogP contribution in [0.3, 0.4) is 0 Å².